The molecule has 0 spiro atoms. The molecule has 3 rings (SSSR count). The molecule has 2 heterocycles. The summed E-state index contributed by atoms with van der Waals surface area (Å²) in [6.07, 6.45) is 0.0521. The minimum absolute atomic E-state index is 0.0521. The highest BCUT2D eigenvalue weighted by Crippen LogP contribution is 2.30. The highest BCUT2D eigenvalue weighted by atomic mass is 32.2. The molecule has 0 aliphatic carbocycles. The largest absolute Gasteiger partial charge is 0.321 e. The van der Waals surface area contributed by atoms with Crippen LogP contribution in [0.1, 0.15) is 17.3 Å². The molecule has 0 aromatic heterocycles. The van der Waals surface area contributed by atoms with E-state index in [9.17, 15) is 4.79 Å². The summed E-state index contributed by atoms with van der Waals surface area (Å²) in [7, 11) is 0. The quantitative estimate of drug-likeness (QED) is 0.928. The first-order valence-electron chi connectivity index (χ1n) is 7.03. The molecular weight excluding hydrogens is 288 g/mol. The highest BCUT2D eigenvalue weighted by Gasteiger charge is 2.34. The maximum absolute atomic E-state index is 12.2. The van der Waals surface area contributed by atoms with Crippen LogP contribution >= 0.6 is 23.5 Å². The van der Waals surface area contributed by atoms with Gasteiger partial charge in [0, 0.05) is 29.1 Å². The van der Waals surface area contributed by atoms with Crippen molar-refractivity contribution in [2.24, 2.45) is 0 Å². The van der Waals surface area contributed by atoms with Crippen molar-refractivity contribution >= 4 is 29.4 Å². The number of nitrogens with one attached hydrogen (secondary N) is 1. The summed E-state index contributed by atoms with van der Waals surface area (Å²) < 4.78 is 0. The number of carbonyl (C=O) groups excluding carboxylic acids is 1. The van der Waals surface area contributed by atoms with Gasteiger partial charge in [0.1, 0.15) is 6.17 Å². The Balaban J connectivity index is 1.76. The molecule has 2 fully saturated rings. The first kappa shape index (κ1) is 14.3. The number of aryl methyl sites for hydroxylation is 1. The van der Waals surface area contributed by atoms with Gasteiger partial charge in [-0.05, 0) is 18.1 Å². The lowest BCUT2D eigenvalue weighted by molar-refractivity contribution is -0.128. The Labute approximate surface area is 128 Å². The summed E-state index contributed by atoms with van der Waals surface area (Å²) in [5.41, 5.74) is 2.47. The van der Waals surface area contributed by atoms with Gasteiger partial charge < -0.3 is 4.90 Å². The molecule has 0 bridgehead atoms. The number of amides is 1. The van der Waals surface area contributed by atoms with Crippen molar-refractivity contribution < 1.29 is 4.79 Å². The summed E-state index contributed by atoms with van der Waals surface area (Å²) in [4.78, 5) is 14.2. The molecule has 2 unspecified atom stereocenters. The van der Waals surface area contributed by atoms with Crippen molar-refractivity contribution in [1.82, 2.24) is 10.2 Å². The third-order valence-electron chi connectivity index (χ3n) is 3.85. The van der Waals surface area contributed by atoms with Crippen LogP contribution in [0.25, 0.3) is 0 Å². The van der Waals surface area contributed by atoms with Crippen molar-refractivity contribution in [3.05, 3.63) is 35.4 Å². The van der Waals surface area contributed by atoms with Gasteiger partial charge in [0.05, 0.1) is 6.54 Å². The Morgan fingerprint density at radius 2 is 2.20 bits per heavy atom. The van der Waals surface area contributed by atoms with Crippen LogP contribution in [0.4, 0.5) is 0 Å². The maximum Gasteiger partial charge on any atom is 0.238 e. The van der Waals surface area contributed by atoms with Gasteiger partial charge in [0.25, 0.3) is 0 Å². The van der Waals surface area contributed by atoms with E-state index in [1.807, 2.05) is 34.5 Å². The molecule has 20 heavy (non-hydrogen) atoms. The van der Waals surface area contributed by atoms with Gasteiger partial charge in [-0.15, -0.1) is 0 Å². The van der Waals surface area contributed by atoms with Gasteiger partial charge in [-0.2, -0.15) is 23.5 Å². The Morgan fingerprint density at radius 3 is 2.95 bits per heavy atom. The fraction of sp³-hybridized carbons (Fsp3) is 0.533. The molecule has 2 atom stereocenters. The number of hydrogen-bond donors (Lipinski definition) is 1. The molecule has 0 radical (unpaired) electrons. The smallest absolute Gasteiger partial charge is 0.238 e. The van der Waals surface area contributed by atoms with Crippen molar-refractivity contribution in [1.29, 1.82) is 0 Å². The Kier molecular flexibility index (Phi) is 4.58. The Bertz CT molecular complexity index is 489. The first-order valence-corrected chi connectivity index (χ1v) is 9.24. The fourth-order valence-corrected chi connectivity index (χ4v) is 5.44. The third-order valence-corrected chi connectivity index (χ3v) is 6.67. The SMILES string of the molecule is Cc1ccccc1C1NCC(=O)N1CC1CSCCS1. The van der Waals surface area contributed by atoms with Crippen molar-refractivity contribution in [2.45, 2.75) is 18.3 Å². The highest BCUT2D eigenvalue weighted by molar-refractivity contribution is 8.06. The molecule has 5 heteroatoms. The normalized spacial score (nSPS) is 27.1. The lowest BCUT2D eigenvalue weighted by Crippen LogP contribution is -2.38. The topological polar surface area (TPSA) is 32.3 Å². The van der Waals surface area contributed by atoms with Gasteiger partial charge in [0.2, 0.25) is 5.91 Å². The zero-order chi connectivity index (χ0) is 13.9. The van der Waals surface area contributed by atoms with Crippen molar-refractivity contribution in [2.75, 3.05) is 30.3 Å². The molecule has 2 aliphatic heterocycles. The van der Waals surface area contributed by atoms with Gasteiger partial charge in [-0.1, -0.05) is 24.3 Å². The van der Waals surface area contributed by atoms with Gasteiger partial charge in [0.15, 0.2) is 0 Å². The molecule has 2 saturated heterocycles. The minimum Gasteiger partial charge on any atom is -0.321 e. The first-order chi connectivity index (χ1) is 9.75. The van der Waals surface area contributed by atoms with Crippen LogP contribution in [-0.4, -0.2) is 46.4 Å². The Morgan fingerprint density at radius 1 is 1.35 bits per heavy atom. The van der Waals surface area contributed by atoms with E-state index in [2.05, 4.69) is 30.4 Å². The van der Waals surface area contributed by atoms with Gasteiger partial charge >= 0.3 is 0 Å². The summed E-state index contributed by atoms with van der Waals surface area (Å²) in [5.74, 6) is 3.85. The van der Waals surface area contributed by atoms with E-state index < -0.39 is 0 Å². The second-order valence-corrected chi connectivity index (χ2v) is 7.81. The van der Waals surface area contributed by atoms with Gasteiger partial charge in [-0.3, -0.25) is 10.1 Å². The molecule has 2 aliphatic rings. The standard InChI is InChI=1S/C15H20N2OS2/c1-11-4-2-3-5-13(11)15-16-8-14(18)17(15)9-12-10-19-6-7-20-12/h2-5,12,15-16H,6-10H2,1H3. The summed E-state index contributed by atoms with van der Waals surface area (Å²) in [6.45, 7) is 3.44. The van der Waals surface area contributed by atoms with Crippen molar-refractivity contribution in [3.63, 3.8) is 0 Å². The van der Waals surface area contributed by atoms with E-state index in [0.29, 0.717) is 11.8 Å². The molecule has 1 amide bonds. The van der Waals surface area contributed by atoms with Crippen LogP contribution in [0.2, 0.25) is 0 Å². The number of carbonyl (C=O) groups is 1. The van der Waals surface area contributed by atoms with E-state index in [1.54, 1.807) is 0 Å². The summed E-state index contributed by atoms with van der Waals surface area (Å²) in [5, 5.41) is 3.94. The van der Waals surface area contributed by atoms with Crippen LogP contribution < -0.4 is 5.32 Å². The number of thioether (sulfide) groups is 2. The molecular formula is C15H20N2OS2. The van der Waals surface area contributed by atoms with Crippen molar-refractivity contribution in [3.8, 4) is 0 Å². The number of hydrogen-bond acceptors (Lipinski definition) is 4. The van der Waals surface area contributed by atoms with E-state index in [0.717, 1.165) is 12.3 Å². The zero-order valence-electron chi connectivity index (χ0n) is 11.7. The average molecular weight is 308 g/mol. The maximum atomic E-state index is 12.2. The van der Waals surface area contributed by atoms with E-state index >= 15 is 0 Å². The summed E-state index contributed by atoms with van der Waals surface area (Å²) >= 11 is 4.02. The lowest BCUT2D eigenvalue weighted by Gasteiger charge is -2.31. The third kappa shape index (κ3) is 3.00. The Hall–Kier alpha value is -0.650. The predicted molar refractivity (Wildman–Crippen MR) is 87.2 cm³/mol. The summed E-state index contributed by atoms with van der Waals surface area (Å²) in [6, 6.07) is 8.34. The van der Waals surface area contributed by atoms with E-state index in [-0.39, 0.29) is 12.1 Å². The second-order valence-electron chi connectivity index (χ2n) is 5.25. The van der Waals surface area contributed by atoms with E-state index in [1.165, 1.54) is 22.6 Å². The monoisotopic (exact) mass is 308 g/mol. The molecule has 1 N–H and O–H groups in total. The number of nitrogens with zero attached hydrogens (tertiary/aromatic N) is 1. The zero-order valence-corrected chi connectivity index (χ0v) is 13.3. The number of rotatable bonds is 3. The molecule has 3 nitrogen and oxygen atoms in total. The van der Waals surface area contributed by atoms with E-state index in [4.69, 9.17) is 0 Å². The second kappa shape index (κ2) is 6.41. The van der Waals surface area contributed by atoms with Gasteiger partial charge in [-0.25, -0.2) is 0 Å². The van der Waals surface area contributed by atoms with Crippen LogP contribution in [0.15, 0.2) is 24.3 Å². The number of benzene rings is 1. The molecule has 1 aromatic carbocycles. The molecule has 108 valence electrons. The average Bonchev–Trinajstić information content (AvgIpc) is 2.82. The lowest BCUT2D eigenvalue weighted by atomic mass is 10.1. The predicted octanol–water partition coefficient (Wildman–Crippen LogP) is 2.27. The van der Waals surface area contributed by atoms with Crippen LogP contribution in [-0.2, 0) is 4.79 Å². The minimum atomic E-state index is 0.0521. The van der Waals surface area contributed by atoms with Crippen LogP contribution in [0.5, 0.6) is 0 Å². The molecule has 0 saturated carbocycles. The molecule has 1 aromatic rings. The fourth-order valence-electron chi connectivity index (χ4n) is 2.78. The van der Waals surface area contributed by atoms with Crippen LogP contribution in [0, 0.1) is 6.92 Å². The van der Waals surface area contributed by atoms with Crippen LogP contribution in [0.3, 0.4) is 0 Å².